The summed E-state index contributed by atoms with van der Waals surface area (Å²) in [6.45, 7) is 4.39. The molecule has 1 aliphatic rings. The van der Waals surface area contributed by atoms with E-state index in [1.807, 2.05) is 18.2 Å². The number of β-amino-alcohol motifs (C(OH)–C–C–N with tert-alkyl or cyclic N) is 1. The fourth-order valence-electron chi connectivity index (χ4n) is 2.38. The van der Waals surface area contributed by atoms with Gasteiger partial charge in [-0.15, -0.1) is 0 Å². The quantitative estimate of drug-likeness (QED) is 0.800. The van der Waals surface area contributed by atoms with Crippen molar-refractivity contribution in [3.63, 3.8) is 0 Å². The number of methoxy groups -OCH3 is 1. The molecule has 1 heterocycles. The number of hydrogen-bond acceptors (Lipinski definition) is 5. The number of rotatable bonds is 7. The monoisotopic (exact) mass is 295 g/mol. The van der Waals surface area contributed by atoms with Gasteiger partial charge in [0, 0.05) is 24.8 Å². The third-order valence-electron chi connectivity index (χ3n) is 3.69. The highest BCUT2D eigenvalue weighted by molar-refractivity contribution is 5.32. The lowest BCUT2D eigenvalue weighted by atomic mass is 9.95. The Kier molecular flexibility index (Phi) is 5.85. The van der Waals surface area contributed by atoms with Crippen LogP contribution in [0.5, 0.6) is 11.5 Å². The highest BCUT2D eigenvalue weighted by atomic mass is 16.5. The standard InChI is InChI=1S/C16H25NO4/c1-16(7-4-8-20-12-16)17-10-13(18)11-21-15-6-3-5-14(9-15)19-2/h3,5-6,9,13,17-18H,4,7-8,10-12H2,1-2H3. The van der Waals surface area contributed by atoms with Gasteiger partial charge >= 0.3 is 0 Å². The van der Waals surface area contributed by atoms with E-state index < -0.39 is 6.10 Å². The van der Waals surface area contributed by atoms with Gasteiger partial charge in [-0.2, -0.15) is 0 Å². The number of aliphatic hydroxyl groups excluding tert-OH is 1. The summed E-state index contributed by atoms with van der Waals surface area (Å²) in [4.78, 5) is 0. The molecule has 0 spiro atoms. The molecule has 1 aliphatic heterocycles. The summed E-state index contributed by atoms with van der Waals surface area (Å²) in [6.07, 6.45) is 1.56. The van der Waals surface area contributed by atoms with Crippen LogP contribution in [0.2, 0.25) is 0 Å². The van der Waals surface area contributed by atoms with Crippen molar-refractivity contribution in [1.29, 1.82) is 0 Å². The van der Waals surface area contributed by atoms with Gasteiger partial charge in [-0.3, -0.25) is 0 Å². The fraction of sp³-hybridized carbons (Fsp3) is 0.625. The molecule has 5 nitrogen and oxygen atoms in total. The van der Waals surface area contributed by atoms with Crippen LogP contribution in [0.25, 0.3) is 0 Å². The molecule has 0 amide bonds. The van der Waals surface area contributed by atoms with Crippen molar-refractivity contribution in [3.8, 4) is 11.5 Å². The highest BCUT2D eigenvalue weighted by Crippen LogP contribution is 2.20. The van der Waals surface area contributed by atoms with Crippen LogP contribution in [-0.4, -0.2) is 50.2 Å². The molecule has 0 saturated carbocycles. The van der Waals surface area contributed by atoms with Crippen LogP contribution in [0, 0.1) is 0 Å². The van der Waals surface area contributed by atoms with Crippen LogP contribution in [0.15, 0.2) is 24.3 Å². The minimum Gasteiger partial charge on any atom is -0.497 e. The molecule has 5 heteroatoms. The molecule has 1 fully saturated rings. The maximum absolute atomic E-state index is 10.0. The summed E-state index contributed by atoms with van der Waals surface area (Å²) in [5, 5.41) is 13.4. The summed E-state index contributed by atoms with van der Waals surface area (Å²) < 4.78 is 16.2. The SMILES string of the molecule is COc1cccc(OCC(O)CNC2(C)CCCOC2)c1. The Morgan fingerprint density at radius 1 is 1.43 bits per heavy atom. The van der Waals surface area contributed by atoms with Gasteiger partial charge in [0.2, 0.25) is 0 Å². The Balaban J connectivity index is 1.72. The van der Waals surface area contributed by atoms with E-state index in [2.05, 4.69) is 12.2 Å². The fourth-order valence-corrected chi connectivity index (χ4v) is 2.38. The molecule has 0 bridgehead atoms. The second-order valence-electron chi connectivity index (χ2n) is 5.74. The summed E-state index contributed by atoms with van der Waals surface area (Å²) in [5.74, 6) is 1.44. The van der Waals surface area contributed by atoms with E-state index >= 15 is 0 Å². The Hall–Kier alpha value is -1.30. The number of benzene rings is 1. The zero-order valence-corrected chi connectivity index (χ0v) is 12.8. The number of hydrogen-bond donors (Lipinski definition) is 2. The molecular formula is C16H25NO4. The lowest BCUT2D eigenvalue weighted by molar-refractivity contribution is 0.0184. The van der Waals surface area contributed by atoms with Crippen LogP contribution < -0.4 is 14.8 Å². The van der Waals surface area contributed by atoms with Crippen molar-refractivity contribution in [2.75, 3.05) is 33.5 Å². The number of ether oxygens (including phenoxy) is 3. The summed E-state index contributed by atoms with van der Waals surface area (Å²) >= 11 is 0. The molecule has 21 heavy (non-hydrogen) atoms. The van der Waals surface area contributed by atoms with Crippen LogP contribution in [0.3, 0.4) is 0 Å². The third kappa shape index (κ3) is 5.19. The van der Waals surface area contributed by atoms with E-state index in [0.717, 1.165) is 25.2 Å². The molecule has 1 aromatic rings. The van der Waals surface area contributed by atoms with E-state index in [0.29, 0.717) is 18.9 Å². The maximum atomic E-state index is 10.0. The summed E-state index contributed by atoms with van der Waals surface area (Å²) in [5.41, 5.74) is -0.0464. The molecule has 0 aromatic heterocycles. The van der Waals surface area contributed by atoms with Crippen molar-refractivity contribution in [2.45, 2.75) is 31.4 Å². The first-order valence-electron chi connectivity index (χ1n) is 7.39. The largest absolute Gasteiger partial charge is 0.497 e. The molecule has 2 rings (SSSR count). The Labute approximate surface area is 126 Å². The van der Waals surface area contributed by atoms with Gasteiger partial charge < -0.3 is 24.6 Å². The van der Waals surface area contributed by atoms with Gasteiger partial charge in [0.15, 0.2) is 0 Å². The van der Waals surface area contributed by atoms with Crippen LogP contribution in [-0.2, 0) is 4.74 Å². The molecule has 118 valence electrons. The Morgan fingerprint density at radius 2 is 2.24 bits per heavy atom. The first-order chi connectivity index (χ1) is 10.1. The molecule has 2 N–H and O–H groups in total. The van der Waals surface area contributed by atoms with Gasteiger partial charge in [0.25, 0.3) is 0 Å². The number of aliphatic hydroxyl groups is 1. The first-order valence-corrected chi connectivity index (χ1v) is 7.39. The summed E-state index contributed by atoms with van der Waals surface area (Å²) in [6, 6.07) is 7.36. The molecule has 0 radical (unpaired) electrons. The zero-order chi connectivity index (χ0) is 15.1. The maximum Gasteiger partial charge on any atom is 0.123 e. The predicted molar refractivity (Wildman–Crippen MR) is 81.0 cm³/mol. The van der Waals surface area contributed by atoms with Crippen LogP contribution >= 0.6 is 0 Å². The lowest BCUT2D eigenvalue weighted by Gasteiger charge is -2.35. The number of nitrogens with one attached hydrogen (secondary N) is 1. The van der Waals surface area contributed by atoms with Crippen LogP contribution in [0.1, 0.15) is 19.8 Å². The van der Waals surface area contributed by atoms with E-state index in [9.17, 15) is 5.11 Å². The van der Waals surface area contributed by atoms with Crippen molar-refractivity contribution >= 4 is 0 Å². The average Bonchev–Trinajstić information content (AvgIpc) is 2.52. The second-order valence-corrected chi connectivity index (χ2v) is 5.74. The smallest absolute Gasteiger partial charge is 0.123 e. The van der Waals surface area contributed by atoms with Crippen molar-refractivity contribution < 1.29 is 19.3 Å². The minimum absolute atomic E-state index is 0.0464. The van der Waals surface area contributed by atoms with Gasteiger partial charge in [-0.1, -0.05) is 6.07 Å². The van der Waals surface area contributed by atoms with Gasteiger partial charge in [0.1, 0.15) is 24.2 Å². The van der Waals surface area contributed by atoms with E-state index in [4.69, 9.17) is 14.2 Å². The van der Waals surface area contributed by atoms with Crippen LogP contribution in [0.4, 0.5) is 0 Å². The molecule has 2 atom stereocenters. The normalized spacial score (nSPS) is 23.6. The molecule has 0 aliphatic carbocycles. The molecule has 1 aromatic carbocycles. The van der Waals surface area contributed by atoms with E-state index in [1.54, 1.807) is 13.2 Å². The summed E-state index contributed by atoms with van der Waals surface area (Å²) in [7, 11) is 1.62. The topological polar surface area (TPSA) is 60.0 Å². The molecular weight excluding hydrogens is 270 g/mol. The van der Waals surface area contributed by atoms with Crippen molar-refractivity contribution in [3.05, 3.63) is 24.3 Å². The first kappa shape index (κ1) is 16.1. The minimum atomic E-state index is -0.560. The van der Waals surface area contributed by atoms with E-state index in [-0.39, 0.29) is 12.1 Å². The predicted octanol–water partition coefficient (Wildman–Crippen LogP) is 1.59. The average molecular weight is 295 g/mol. The van der Waals surface area contributed by atoms with Gasteiger partial charge in [-0.25, -0.2) is 0 Å². The zero-order valence-electron chi connectivity index (χ0n) is 12.8. The molecule has 2 unspecified atom stereocenters. The van der Waals surface area contributed by atoms with Crippen molar-refractivity contribution in [1.82, 2.24) is 5.32 Å². The Morgan fingerprint density at radius 3 is 2.95 bits per heavy atom. The second kappa shape index (κ2) is 7.64. The van der Waals surface area contributed by atoms with Gasteiger partial charge in [-0.05, 0) is 31.9 Å². The Bertz CT molecular complexity index is 432. The molecule has 1 saturated heterocycles. The third-order valence-corrected chi connectivity index (χ3v) is 3.69. The van der Waals surface area contributed by atoms with E-state index in [1.165, 1.54) is 0 Å². The van der Waals surface area contributed by atoms with Gasteiger partial charge in [0.05, 0.1) is 13.7 Å². The highest BCUT2D eigenvalue weighted by Gasteiger charge is 2.27. The van der Waals surface area contributed by atoms with Crippen molar-refractivity contribution in [2.24, 2.45) is 0 Å². The lowest BCUT2D eigenvalue weighted by Crippen LogP contribution is -2.51.